The van der Waals surface area contributed by atoms with Gasteiger partial charge in [0.1, 0.15) is 0 Å². The normalized spacial score (nSPS) is 27.6. The monoisotopic (exact) mass is 432 g/mol. The molecule has 0 spiro atoms. The van der Waals surface area contributed by atoms with Crippen LogP contribution in [0.1, 0.15) is 52.0 Å². The van der Waals surface area contributed by atoms with Gasteiger partial charge in [0.25, 0.3) is 5.90 Å². The number of benzene rings is 1. The largest absolute Gasteiger partial charge is 0.493 e. The van der Waals surface area contributed by atoms with Crippen LogP contribution in [0.15, 0.2) is 29.4 Å². The molecule has 9 nitrogen and oxygen atoms in total. The third-order valence-electron chi connectivity index (χ3n) is 5.53. The Bertz CT molecular complexity index is 909. The molecule has 0 bridgehead atoms. The van der Waals surface area contributed by atoms with Crippen molar-refractivity contribution >= 4 is 17.6 Å². The molecular weight excluding hydrogens is 404 g/mol. The van der Waals surface area contributed by atoms with Crippen LogP contribution < -0.4 is 15.0 Å². The number of oxime groups is 1. The van der Waals surface area contributed by atoms with Gasteiger partial charge in [-0.05, 0) is 69.0 Å². The molecule has 168 valence electrons. The number of hydroxylamine groups is 1. The van der Waals surface area contributed by atoms with E-state index in [0.29, 0.717) is 17.2 Å². The van der Waals surface area contributed by atoms with Crippen LogP contribution in [0, 0.1) is 0 Å². The zero-order valence-corrected chi connectivity index (χ0v) is 18.2. The van der Waals surface area contributed by atoms with E-state index in [9.17, 15) is 4.79 Å². The highest BCUT2D eigenvalue weighted by atomic mass is 16.8. The van der Waals surface area contributed by atoms with Crippen LogP contribution in [-0.4, -0.2) is 43.1 Å². The summed E-state index contributed by atoms with van der Waals surface area (Å²) in [5.74, 6) is -0.815. The fraction of sp³-hybridized carbons (Fsp3) is 0.545. The van der Waals surface area contributed by atoms with Gasteiger partial charge in [0.05, 0.1) is 25.5 Å². The maximum Gasteiger partial charge on any atom is 0.394 e. The van der Waals surface area contributed by atoms with Gasteiger partial charge < -0.3 is 23.8 Å². The Morgan fingerprint density at radius 3 is 2.74 bits per heavy atom. The molecule has 1 N–H and O–H groups in total. The summed E-state index contributed by atoms with van der Waals surface area (Å²) in [7, 11) is 1.62. The van der Waals surface area contributed by atoms with Crippen molar-refractivity contribution in [1.29, 1.82) is 0 Å². The molecule has 2 aliphatic heterocycles. The predicted molar refractivity (Wildman–Crippen MR) is 111 cm³/mol. The summed E-state index contributed by atoms with van der Waals surface area (Å²) in [6.45, 7) is 5.12. The van der Waals surface area contributed by atoms with Gasteiger partial charge in [0.2, 0.25) is 0 Å². The van der Waals surface area contributed by atoms with Crippen molar-refractivity contribution in [2.75, 3.05) is 13.7 Å². The summed E-state index contributed by atoms with van der Waals surface area (Å²) in [5, 5.41) is 3.93. The van der Waals surface area contributed by atoms with Gasteiger partial charge in [0.15, 0.2) is 17.1 Å². The lowest BCUT2D eigenvalue weighted by atomic mass is 10.0. The van der Waals surface area contributed by atoms with Gasteiger partial charge in [-0.25, -0.2) is 4.79 Å². The number of esters is 1. The molecule has 3 aliphatic rings. The summed E-state index contributed by atoms with van der Waals surface area (Å²) in [5.41, 5.74) is 3.39. The van der Waals surface area contributed by atoms with Gasteiger partial charge in [-0.1, -0.05) is 0 Å². The van der Waals surface area contributed by atoms with E-state index in [4.69, 9.17) is 28.6 Å². The Morgan fingerprint density at radius 2 is 2.03 bits per heavy atom. The standard InChI is InChI=1S/C22H28N2O7/c1-5-27-20(25)22(3)29-19(24-31-22)21(2)13-16(23-30-21)14-10-11-17(26-4)18(12-14)28-15-8-6-7-9-15/h10-13,15,23H,5-9H2,1-4H3. The highest BCUT2D eigenvalue weighted by Gasteiger charge is 2.52. The molecule has 2 unspecified atom stereocenters. The number of nitrogens with zero attached hydrogens (tertiary/aromatic N) is 1. The number of nitrogens with one attached hydrogen (secondary N) is 1. The molecule has 0 radical (unpaired) electrons. The van der Waals surface area contributed by atoms with Gasteiger partial charge in [-0.2, -0.15) is 0 Å². The molecule has 4 rings (SSSR count). The second-order valence-electron chi connectivity index (χ2n) is 8.02. The Labute approximate surface area is 181 Å². The Kier molecular flexibility index (Phi) is 5.70. The average Bonchev–Trinajstić information content (AvgIpc) is 3.50. The van der Waals surface area contributed by atoms with Crippen LogP contribution in [0.25, 0.3) is 5.70 Å². The number of rotatable bonds is 7. The maximum atomic E-state index is 12.1. The van der Waals surface area contributed by atoms with E-state index in [1.54, 1.807) is 21.0 Å². The van der Waals surface area contributed by atoms with Crippen molar-refractivity contribution in [3.05, 3.63) is 29.8 Å². The number of hydrogen-bond acceptors (Lipinski definition) is 9. The fourth-order valence-electron chi connectivity index (χ4n) is 3.75. The van der Waals surface area contributed by atoms with Crippen molar-refractivity contribution in [2.24, 2.45) is 5.16 Å². The maximum absolute atomic E-state index is 12.1. The number of carbonyl (C=O) groups excluding carboxylic acids is 1. The summed E-state index contributed by atoms with van der Waals surface area (Å²) in [4.78, 5) is 23.1. The van der Waals surface area contributed by atoms with Gasteiger partial charge in [-0.15, -0.1) is 0 Å². The quantitative estimate of drug-likeness (QED) is 0.656. The van der Waals surface area contributed by atoms with Crippen LogP contribution in [0.3, 0.4) is 0 Å². The first-order valence-corrected chi connectivity index (χ1v) is 10.5. The zero-order chi connectivity index (χ0) is 22.1. The lowest BCUT2D eigenvalue weighted by Crippen LogP contribution is -2.44. The van der Waals surface area contributed by atoms with E-state index >= 15 is 0 Å². The summed E-state index contributed by atoms with van der Waals surface area (Å²) < 4.78 is 22.3. The molecule has 31 heavy (non-hydrogen) atoms. The third kappa shape index (κ3) is 4.14. The van der Waals surface area contributed by atoms with Gasteiger partial charge in [0, 0.05) is 12.5 Å². The molecule has 9 heteroatoms. The first-order chi connectivity index (χ1) is 14.9. The van der Waals surface area contributed by atoms with Crippen molar-refractivity contribution in [3.63, 3.8) is 0 Å². The molecule has 1 aromatic carbocycles. The van der Waals surface area contributed by atoms with E-state index in [2.05, 4.69) is 10.6 Å². The summed E-state index contributed by atoms with van der Waals surface area (Å²) in [6, 6.07) is 5.69. The molecule has 1 saturated carbocycles. The molecule has 1 aromatic rings. The van der Waals surface area contributed by atoms with Crippen LogP contribution in [0.2, 0.25) is 0 Å². The van der Waals surface area contributed by atoms with Crippen LogP contribution in [0.4, 0.5) is 0 Å². The minimum Gasteiger partial charge on any atom is -0.493 e. The molecule has 2 heterocycles. The van der Waals surface area contributed by atoms with Gasteiger partial charge >= 0.3 is 11.8 Å². The molecular formula is C22H28N2O7. The minimum absolute atomic E-state index is 0.112. The number of carbonyl (C=O) groups is 1. The Balaban J connectivity index is 1.53. The molecule has 0 saturated heterocycles. The third-order valence-corrected chi connectivity index (χ3v) is 5.53. The first-order valence-electron chi connectivity index (χ1n) is 10.5. The van der Waals surface area contributed by atoms with E-state index in [-0.39, 0.29) is 18.6 Å². The average molecular weight is 432 g/mol. The van der Waals surface area contributed by atoms with E-state index in [0.717, 1.165) is 18.4 Å². The van der Waals surface area contributed by atoms with Crippen LogP contribution in [0.5, 0.6) is 11.5 Å². The Hall–Kier alpha value is -2.94. The highest BCUT2D eigenvalue weighted by Crippen LogP contribution is 2.37. The van der Waals surface area contributed by atoms with Crippen molar-refractivity contribution in [3.8, 4) is 11.5 Å². The molecule has 1 fully saturated rings. The van der Waals surface area contributed by atoms with Crippen LogP contribution in [-0.2, 0) is 23.9 Å². The fourth-order valence-corrected chi connectivity index (χ4v) is 3.75. The lowest BCUT2D eigenvalue weighted by molar-refractivity contribution is -0.202. The van der Waals surface area contributed by atoms with Gasteiger partial charge in [-0.3, -0.25) is 10.3 Å². The number of ether oxygens (including phenoxy) is 4. The Morgan fingerprint density at radius 1 is 1.26 bits per heavy atom. The second kappa shape index (κ2) is 8.30. The smallest absolute Gasteiger partial charge is 0.394 e. The van der Waals surface area contributed by atoms with E-state index in [1.165, 1.54) is 19.8 Å². The number of hydrogen-bond donors (Lipinski definition) is 1. The topological polar surface area (TPSA) is 96.8 Å². The molecule has 0 aromatic heterocycles. The molecule has 0 amide bonds. The molecule has 1 aliphatic carbocycles. The van der Waals surface area contributed by atoms with Crippen LogP contribution >= 0.6 is 0 Å². The number of methoxy groups -OCH3 is 1. The van der Waals surface area contributed by atoms with E-state index < -0.39 is 17.4 Å². The lowest BCUT2D eigenvalue weighted by Gasteiger charge is -2.22. The first kappa shape index (κ1) is 21.3. The van der Waals surface area contributed by atoms with E-state index in [1.807, 2.05) is 24.3 Å². The molecule has 2 atom stereocenters. The second-order valence-corrected chi connectivity index (χ2v) is 8.02. The summed E-state index contributed by atoms with van der Waals surface area (Å²) >= 11 is 0. The van der Waals surface area contributed by atoms with Crippen molar-refractivity contribution in [2.45, 2.75) is 63.9 Å². The highest BCUT2D eigenvalue weighted by molar-refractivity contribution is 5.93. The van der Waals surface area contributed by atoms with Crippen molar-refractivity contribution < 1.29 is 33.4 Å². The predicted octanol–water partition coefficient (Wildman–Crippen LogP) is 3.29. The zero-order valence-electron chi connectivity index (χ0n) is 18.2. The SMILES string of the molecule is CCOC(=O)C1(C)ON=C(C2(C)C=C(c3ccc(OC)c(OC4CCCC4)c3)NO2)O1. The summed E-state index contributed by atoms with van der Waals surface area (Å²) in [6.07, 6.45) is 6.47. The van der Waals surface area contributed by atoms with Crippen molar-refractivity contribution in [1.82, 2.24) is 5.48 Å². The minimum atomic E-state index is -1.64.